The van der Waals surface area contributed by atoms with Gasteiger partial charge in [0.25, 0.3) is 0 Å². The van der Waals surface area contributed by atoms with Gasteiger partial charge < -0.3 is 10.3 Å². The molecule has 3 nitrogen and oxygen atoms in total. The van der Waals surface area contributed by atoms with Gasteiger partial charge in [-0.05, 0) is 75.6 Å². The van der Waals surface area contributed by atoms with Crippen molar-refractivity contribution in [3.63, 3.8) is 0 Å². The summed E-state index contributed by atoms with van der Waals surface area (Å²) < 4.78 is 4.98. The number of thiophene rings is 1. The lowest BCUT2D eigenvalue weighted by molar-refractivity contribution is 1.06. The number of benzene rings is 8. The SMILES string of the molecule is Nc1ccccc1C(=NCc1ccc(-n2c3ccc4ccccc4c3c3c4ccccc4ccc32)cc1)c1ccc2sc3ccccc3c2c1. The normalized spacial score (nSPS) is 12.3. The molecule has 0 saturated heterocycles. The summed E-state index contributed by atoms with van der Waals surface area (Å²) in [5.74, 6) is 0. The van der Waals surface area contributed by atoms with E-state index in [1.54, 1.807) is 0 Å². The van der Waals surface area contributed by atoms with Crippen LogP contribution >= 0.6 is 11.3 Å². The second-order valence-electron chi connectivity index (χ2n) is 12.9. The number of nitrogens with two attached hydrogens (primary N) is 1. The first kappa shape index (κ1) is 28.8. The van der Waals surface area contributed by atoms with E-state index in [9.17, 15) is 0 Å². The number of rotatable bonds is 5. The van der Waals surface area contributed by atoms with Crippen molar-refractivity contribution in [2.45, 2.75) is 6.54 Å². The molecular weight excluding hydrogens is 627 g/mol. The Bertz CT molecular complexity index is 2870. The van der Waals surface area contributed by atoms with Gasteiger partial charge >= 0.3 is 0 Å². The molecule has 0 bridgehead atoms. The molecule has 8 aromatic carbocycles. The van der Waals surface area contributed by atoms with Crippen LogP contribution in [0.5, 0.6) is 0 Å². The van der Waals surface area contributed by atoms with Crippen LogP contribution in [0.25, 0.3) is 69.2 Å². The van der Waals surface area contributed by atoms with Crippen molar-refractivity contribution in [1.29, 1.82) is 0 Å². The summed E-state index contributed by atoms with van der Waals surface area (Å²) in [6.45, 7) is 0.537. The second kappa shape index (κ2) is 11.4. The molecule has 0 saturated carbocycles. The van der Waals surface area contributed by atoms with Crippen molar-refractivity contribution < 1.29 is 0 Å². The number of hydrogen-bond acceptors (Lipinski definition) is 3. The number of aromatic nitrogens is 1. The summed E-state index contributed by atoms with van der Waals surface area (Å²) in [7, 11) is 0. The second-order valence-corrected chi connectivity index (χ2v) is 14.0. The van der Waals surface area contributed by atoms with Crippen LogP contribution in [0, 0.1) is 0 Å². The van der Waals surface area contributed by atoms with Gasteiger partial charge in [0.05, 0.1) is 23.3 Å². The van der Waals surface area contributed by atoms with Gasteiger partial charge in [0.2, 0.25) is 0 Å². The van der Waals surface area contributed by atoms with E-state index in [1.807, 2.05) is 29.5 Å². The number of nitrogen functional groups attached to an aromatic ring is 1. The Labute approximate surface area is 293 Å². The zero-order valence-corrected chi connectivity index (χ0v) is 28.0. The van der Waals surface area contributed by atoms with Gasteiger partial charge in [0.1, 0.15) is 0 Å². The van der Waals surface area contributed by atoms with E-state index in [0.717, 1.165) is 33.8 Å². The van der Waals surface area contributed by atoms with Crippen LogP contribution in [-0.2, 0) is 6.54 Å². The molecule has 2 aromatic heterocycles. The number of anilines is 1. The Morgan fingerprint density at radius 1 is 0.540 bits per heavy atom. The maximum atomic E-state index is 6.56. The summed E-state index contributed by atoms with van der Waals surface area (Å²) in [5, 5.41) is 10.2. The number of aliphatic imine (C=N–C) groups is 1. The van der Waals surface area contributed by atoms with Gasteiger partial charge in [-0.15, -0.1) is 11.3 Å². The monoisotopic (exact) mass is 657 g/mol. The van der Waals surface area contributed by atoms with E-state index in [-0.39, 0.29) is 0 Å². The smallest absolute Gasteiger partial charge is 0.0743 e. The van der Waals surface area contributed by atoms with E-state index in [0.29, 0.717) is 6.54 Å². The summed E-state index contributed by atoms with van der Waals surface area (Å²) in [4.78, 5) is 5.26. The molecule has 0 unspecified atom stereocenters. The number of hydrogen-bond donors (Lipinski definition) is 1. The Morgan fingerprint density at radius 3 is 1.84 bits per heavy atom. The highest BCUT2D eigenvalue weighted by molar-refractivity contribution is 7.25. The third kappa shape index (κ3) is 4.53. The third-order valence-electron chi connectivity index (χ3n) is 10.0. The Kier molecular flexibility index (Phi) is 6.58. The molecule has 236 valence electrons. The van der Waals surface area contributed by atoms with Crippen LogP contribution in [0.1, 0.15) is 16.7 Å². The molecule has 0 aliphatic rings. The molecule has 50 heavy (non-hydrogen) atoms. The van der Waals surface area contributed by atoms with Gasteiger partial charge in [0, 0.05) is 53.4 Å². The quantitative estimate of drug-likeness (QED) is 0.145. The fourth-order valence-corrected chi connectivity index (χ4v) is 8.75. The minimum absolute atomic E-state index is 0.537. The molecule has 0 aliphatic carbocycles. The lowest BCUT2D eigenvalue weighted by Crippen LogP contribution is -2.07. The summed E-state index contributed by atoms with van der Waals surface area (Å²) >= 11 is 1.83. The largest absolute Gasteiger partial charge is 0.398 e. The third-order valence-corrected chi connectivity index (χ3v) is 11.2. The minimum atomic E-state index is 0.537. The molecule has 0 radical (unpaired) electrons. The number of nitrogens with zero attached hydrogens (tertiary/aromatic N) is 2. The number of fused-ring (bicyclic) bond motifs is 10. The van der Waals surface area contributed by atoms with Crippen molar-refractivity contribution in [2.24, 2.45) is 4.99 Å². The molecule has 0 amide bonds. The standard InChI is InChI=1S/C46H31N3S/c47-39-15-7-5-14-37(39)46(32-21-26-43-38(27-32)36-13-6-8-16-42(36)50-43)48-28-29-17-22-33(23-18-29)49-40-24-19-30-9-1-3-11-34(30)44(40)45-35-12-4-2-10-31(35)20-25-41(45)49/h1-27H,28,47H2. The van der Waals surface area contributed by atoms with Crippen LogP contribution in [0.3, 0.4) is 0 Å². The molecule has 2 heterocycles. The fourth-order valence-electron chi connectivity index (χ4n) is 7.66. The van der Waals surface area contributed by atoms with Gasteiger partial charge in [-0.2, -0.15) is 0 Å². The van der Waals surface area contributed by atoms with E-state index in [4.69, 9.17) is 10.7 Å². The van der Waals surface area contributed by atoms with E-state index >= 15 is 0 Å². The Hall–Kier alpha value is -6.23. The molecule has 0 aliphatic heterocycles. The predicted molar refractivity (Wildman–Crippen MR) is 215 cm³/mol. The highest BCUT2D eigenvalue weighted by Crippen LogP contribution is 2.40. The predicted octanol–water partition coefficient (Wildman–Crippen LogP) is 12.1. The zero-order chi connectivity index (χ0) is 33.2. The zero-order valence-electron chi connectivity index (χ0n) is 27.2. The van der Waals surface area contributed by atoms with E-state index in [2.05, 4.69) is 150 Å². The van der Waals surface area contributed by atoms with Crippen LogP contribution in [0.15, 0.2) is 169 Å². The van der Waals surface area contributed by atoms with Crippen molar-refractivity contribution in [2.75, 3.05) is 5.73 Å². The first-order chi connectivity index (χ1) is 24.7. The van der Waals surface area contributed by atoms with Crippen LogP contribution in [0.4, 0.5) is 5.69 Å². The number of para-hydroxylation sites is 1. The molecule has 0 fully saturated rings. The molecule has 10 aromatic rings. The molecule has 0 atom stereocenters. The first-order valence-electron chi connectivity index (χ1n) is 17.0. The van der Waals surface area contributed by atoms with Gasteiger partial charge in [-0.1, -0.05) is 115 Å². The first-order valence-corrected chi connectivity index (χ1v) is 17.8. The highest BCUT2D eigenvalue weighted by atomic mass is 32.1. The van der Waals surface area contributed by atoms with Crippen LogP contribution in [0.2, 0.25) is 0 Å². The summed E-state index contributed by atoms with van der Waals surface area (Å²) in [6.07, 6.45) is 0. The molecule has 4 heteroatoms. The fraction of sp³-hybridized carbons (Fsp3) is 0.0217. The van der Waals surface area contributed by atoms with Gasteiger partial charge in [-0.25, -0.2) is 0 Å². The summed E-state index contributed by atoms with van der Waals surface area (Å²) in [5.41, 5.74) is 14.9. The molecule has 0 spiro atoms. The Balaban J connectivity index is 1.09. The van der Waals surface area contributed by atoms with Crippen LogP contribution < -0.4 is 5.73 Å². The van der Waals surface area contributed by atoms with E-state index in [1.165, 1.54) is 63.5 Å². The van der Waals surface area contributed by atoms with Crippen molar-refractivity contribution in [3.8, 4) is 5.69 Å². The average Bonchev–Trinajstić information content (AvgIpc) is 3.72. The van der Waals surface area contributed by atoms with Crippen molar-refractivity contribution >= 4 is 86.3 Å². The lowest BCUT2D eigenvalue weighted by Gasteiger charge is -2.12. The molecule has 2 N–H and O–H groups in total. The average molecular weight is 658 g/mol. The topological polar surface area (TPSA) is 43.3 Å². The van der Waals surface area contributed by atoms with Gasteiger partial charge in [-0.3, -0.25) is 4.99 Å². The minimum Gasteiger partial charge on any atom is -0.398 e. The molecule has 10 rings (SSSR count). The summed E-state index contributed by atoms with van der Waals surface area (Å²) in [6, 6.07) is 58.7. The maximum Gasteiger partial charge on any atom is 0.0743 e. The van der Waals surface area contributed by atoms with Crippen molar-refractivity contribution in [3.05, 3.63) is 180 Å². The highest BCUT2D eigenvalue weighted by Gasteiger charge is 2.18. The lowest BCUT2D eigenvalue weighted by atomic mass is 9.98. The van der Waals surface area contributed by atoms with Crippen molar-refractivity contribution in [1.82, 2.24) is 4.57 Å². The molecular formula is C46H31N3S. The van der Waals surface area contributed by atoms with Gasteiger partial charge in [0.15, 0.2) is 0 Å². The Morgan fingerprint density at radius 2 is 1.14 bits per heavy atom. The van der Waals surface area contributed by atoms with E-state index < -0.39 is 0 Å². The maximum absolute atomic E-state index is 6.56. The van der Waals surface area contributed by atoms with Crippen LogP contribution in [-0.4, -0.2) is 10.3 Å².